The van der Waals surface area contributed by atoms with E-state index in [9.17, 15) is 0 Å². The third-order valence-corrected chi connectivity index (χ3v) is 29.5. The van der Waals surface area contributed by atoms with Gasteiger partial charge in [-0.1, -0.05) is 358 Å². The molecule has 13 nitrogen and oxygen atoms in total. The average molecular weight is 1870 g/mol. The van der Waals surface area contributed by atoms with E-state index in [1.54, 1.807) is 0 Å². The van der Waals surface area contributed by atoms with Crippen LogP contribution in [0.25, 0.3) is 265 Å². The van der Waals surface area contributed by atoms with Crippen molar-refractivity contribution in [3.63, 3.8) is 0 Å². The van der Waals surface area contributed by atoms with E-state index in [1.165, 1.54) is 96.8 Å². The topological polar surface area (TPSA) is 120 Å². The highest BCUT2D eigenvalue weighted by Crippen LogP contribution is 2.46. The molecule has 0 radical (unpaired) electrons. The maximum Gasteiger partial charge on any atom is 0.241 e. The maximum atomic E-state index is 5.28. The number of rotatable bonds is 13. The van der Waals surface area contributed by atoms with E-state index in [-0.39, 0.29) is 0 Å². The van der Waals surface area contributed by atoms with Gasteiger partial charge >= 0.3 is 0 Å². The second kappa shape index (κ2) is 34.9. The van der Waals surface area contributed by atoms with Crippen molar-refractivity contribution in [3.05, 3.63) is 504 Å². The van der Waals surface area contributed by atoms with E-state index in [0.29, 0.717) is 29.6 Å². The van der Waals surface area contributed by atoms with Crippen molar-refractivity contribution in [1.29, 1.82) is 0 Å². The molecule has 0 bridgehead atoms. The first kappa shape index (κ1) is 83.7. The first-order chi connectivity index (χ1) is 71.9. The van der Waals surface area contributed by atoms with Gasteiger partial charge in [-0.05, 0) is 168 Å². The lowest BCUT2D eigenvalue weighted by atomic mass is 10.0. The molecule has 10 heterocycles. The SMILES string of the molecule is c1ccc(-c2cc(-c3ccccc3)nc(-c3ccc(-n4c5ccccc5c5cc(-c6cccc7c6sc6ccccc67)ccc54)cc3)n2)cc1.c1ccc(-c2cc(-c3ccccc3)nc(-n3c4ccccc4c4cc(-c5ccc6c(c5)c5ccccc5n6-c5ccccc5)ccc43)n2)cc1.c1ccc2c(c1)c1ccccc1n2-c1nc(-n2c3ccccc3c3ccccc32)nc(-n2c3ccccc3c3ccccc32)n1. The van der Waals surface area contributed by atoms with Gasteiger partial charge in [0.15, 0.2) is 5.82 Å². The molecule has 14 heteroatoms. The summed E-state index contributed by atoms with van der Waals surface area (Å²) >= 11 is 1.88. The van der Waals surface area contributed by atoms with Crippen molar-refractivity contribution in [3.8, 4) is 114 Å². The first-order valence-corrected chi connectivity index (χ1v) is 49.6. The van der Waals surface area contributed by atoms with Crippen LogP contribution in [0.2, 0.25) is 0 Å². The molecule has 0 aliphatic heterocycles. The lowest BCUT2D eigenvalue weighted by Gasteiger charge is -2.14. The van der Waals surface area contributed by atoms with E-state index in [0.717, 1.165) is 138 Å². The van der Waals surface area contributed by atoms with Crippen molar-refractivity contribution in [2.75, 3.05) is 0 Å². The van der Waals surface area contributed by atoms with Crippen LogP contribution in [0, 0.1) is 0 Å². The first-order valence-electron chi connectivity index (χ1n) is 48.8. The fourth-order valence-corrected chi connectivity index (χ4v) is 23.0. The molecule has 145 heavy (non-hydrogen) atoms. The number of hydrogen-bond donors (Lipinski definition) is 0. The van der Waals surface area contributed by atoms with Gasteiger partial charge in [0.25, 0.3) is 0 Å². The Bertz CT molecular complexity index is 9760. The highest BCUT2D eigenvalue weighted by atomic mass is 32.1. The second-order valence-corrected chi connectivity index (χ2v) is 37.7. The van der Waals surface area contributed by atoms with Crippen LogP contribution in [0.5, 0.6) is 0 Å². The Kier molecular flexibility index (Phi) is 20.1. The summed E-state index contributed by atoms with van der Waals surface area (Å²) in [7, 11) is 0. The van der Waals surface area contributed by atoms with Crippen molar-refractivity contribution in [1.82, 2.24) is 62.3 Å². The predicted molar refractivity (Wildman–Crippen MR) is 601 cm³/mol. The van der Waals surface area contributed by atoms with E-state index < -0.39 is 0 Å². The molecule has 0 aliphatic rings. The van der Waals surface area contributed by atoms with E-state index >= 15 is 0 Å². The van der Waals surface area contributed by atoms with Gasteiger partial charge < -0.3 is 9.13 Å². The Labute approximate surface area is 836 Å². The molecule has 30 aromatic rings. The molecule has 0 atom stereocenters. The Morgan fingerprint density at radius 1 is 0.145 bits per heavy atom. The number of benzene rings is 20. The lowest BCUT2D eigenvalue weighted by Crippen LogP contribution is -2.13. The number of nitrogens with zero attached hydrogens (tertiary/aromatic N) is 13. The van der Waals surface area contributed by atoms with Crippen molar-refractivity contribution in [2.24, 2.45) is 0 Å². The molecule has 20 aromatic carbocycles. The number of fused-ring (bicyclic) bond motifs is 21. The molecular weight excluding hydrogens is 1790 g/mol. The number of para-hydroxylation sites is 10. The molecular formula is C131H83N13S. The monoisotopic (exact) mass is 1870 g/mol. The molecule has 10 aromatic heterocycles. The normalized spacial score (nSPS) is 11.7. The molecule has 0 saturated heterocycles. The summed E-state index contributed by atoms with van der Waals surface area (Å²) in [6, 6.07) is 177. The minimum absolute atomic E-state index is 0.566. The summed E-state index contributed by atoms with van der Waals surface area (Å²) in [5.74, 6) is 3.06. The van der Waals surface area contributed by atoms with E-state index in [4.69, 9.17) is 34.9 Å². The third kappa shape index (κ3) is 14.3. The third-order valence-electron chi connectivity index (χ3n) is 28.3. The van der Waals surface area contributed by atoms with Gasteiger partial charge in [-0.15, -0.1) is 11.3 Å². The van der Waals surface area contributed by atoms with E-state index in [2.05, 4.69) is 482 Å². The lowest BCUT2D eigenvalue weighted by molar-refractivity contribution is 0.848. The Balaban J connectivity index is 0.000000106. The van der Waals surface area contributed by atoms with Crippen LogP contribution in [0.4, 0.5) is 0 Å². The highest BCUT2D eigenvalue weighted by Gasteiger charge is 2.27. The van der Waals surface area contributed by atoms with Gasteiger partial charge in [0.2, 0.25) is 23.8 Å². The van der Waals surface area contributed by atoms with Crippen LogP contribution in [0.15, 0.2) is 504 Å². The second-order valence-electron chi connectivity index (χ2n) is 36.6. The molecule has 0 saturated carbocycles. The number of thiophene rings is 1. The zero-order chi connectivity index (χ0) is 95.5. The molecule has 0 N–H and O–H groups in total. The fourth-order valence-electron chi connectivity index (χ4n) is 21.7. The van der Waals surface area contributed by atoms with Gasteiger partial charge in [0.1, 0.15) is 0 Å². The van der Waals surface area contributed by atoms with Crippen LogP contribution in [-0.2, 0) is 0 Å². The van der Waals surface area contributed by atoms with Crippen molar-refractivity contribution >= 4 is 162 Å². The van der Waals surface area contributed by atoms with Crippen LogP contribution >= 0.6 is 11.3 Å². The summed E-state index contributed by atoms with van der Waals surface area (Å²) in [6.45, 7) is 0. The van der Waals surface area contributed by atoms with Gasteiger partial charge in [-0.3, -0.25) is 18.3 Å². The van der Waals surface area contributed by atoms with Crippen LogP contribution in [0.1, 0.15) is 0 Å². The highest BCUT2D eigenvalue weighted by molar-refractivity contribution is 7.26. The Morgan fingerprint density at radius 2 is 0.393 bits per heavy atom. The molecule has 0 unspecified atom stereocenters. The van der Waals surface area contributed by atoms with Crippen LogP contribution in [0.3, 0.4) is 0 Å². The quantitative estimate of drug-likeness (QED) is 0.113. The summed E-state index contributed by atoms with van der Waals surface area (Å²) in [4.78, 5) is 36.3. The average Bonchev–Trinajstić information content (AvgIpc) is 1.58. The standard InChI is InChI=1S/C46H30N4.C46H29N3S.C39H24N6/c1-4-14-31(15-5-1)40-30-41(32-16-6-2-7-17-32)48-46(47-40)50-43-23-13-11-21-37(43)39-29-34(25-27-45(39)50)33-24-26-44-38(28-33)36-20-10-12-22-42(36)49(44)35-18-8-3-9-19-35;1-3-12-30(13-4-1)40-29-41(31-14-5-2-6-15-31)48-46(47-40)32-22-25-34(26-23-32)49-42-20-9-7-16-36(42)39-28-33(24-27-43(39)49)35-18-11-19-38-37-17-8-10-21-44(37)50-45(35)38;1-7-19-31-25(13-1)26-14-2-8-20-32(26)43(31)37-40-38(44-33-21-9-3-15-27(33)28-16-4-10-22-34(28)44)42-39(41-37)45-35-23-11-5-17-29(35)30-18-6-12-24-36(30)45/h1-30H;1-29H;1-24H. The molecule has 678 valence electrons. The predicted octanol–water partition coefficient (Wildman–Crippen LogP) is 33.4. The largest absolute Gasteiger partial charge is 0.309 e. The van der Waals surface area contributed by atoms with Crippen LogP contribution < -0.4 is 0 Å². The minimum atomic E-state index is 0.566. The number of aromatic nitrogens is 13. The van der Waals surface area contributed by atoms with Gasteiger partial charge in [-0.25, -0.2) is 19.9 Å². The molecule has 30 rings (SSSR count). The van der Waals surface area contributed by atoms with Crippen molar-refractivity contribution < 1.29 is 0 Å². The molecule has 0 amide bonds. The molecule has 0 fully saturated rings. The summed E-state index contributed by atoms with van der Waals surface area (Å²) in [5, 5.41) is 16.9. The van der Waals surface area contributed by atoms with E-state index in [1.807, 2.05) is 59.9 Å². The van der Waals surface area contributed by atoms with Gasteiger partial charge in [0.05, 0.1) is 89.0 Å². The van der Waals surface area contributed by atoms with Crippen molar-refractivity contribution in [2.45, 2.75) is 0 Å². The maximum absolute atomic E-state index is 5.28. The summed E-state index contributed by atoms with van der Waals surface area (Å²) in [5.41, 5.74) is 29.1. The van der Waals surface area contributed by atoms with Crippen LogP contribution in [-0.4, -0.2) is 62.3 Å². The fraction of sp³-hybridized carbons (Fsp3) is 0. The minimum Gasteiger partial charge on any atom is -0.309 e. The van der Waals surface area contributed by atoms with Gasteiger partial charge in [-0.2, -0.15) is 15.0 Å². The zero-order valence-corrected chi connectivity index (χ0v) is 79.0. The Hall–Kier alpha value is -19.4. The molecule has 0 aliphatic carbocycles. The Morgan fingerprint density at radius 3 is 0.752 bits per heavy atom. The smallest absolute Gasteiger partial charge is 0.241 e. The molecule has 0 spiro atoms. The number of hydrogen-bond acceptors (Lipinski definition) is 8. The zero-order valence-electron chi connectivity index (χ0n) is 78.1. The summed E-state index contributed by atoms with van der Waals surface area (Å²) < 4.78 is 16.1. The summed E-state index contributed by atoms with van der Waals surface area (Å²) in [6.07, 6.45) is 0. The van der Waals surface area contributed by atoms with Gasteiger partial charge in [0, 0.05) is 124 Å².